The number of carbonyl (C=O) groups excluding carboxylic acids is 1. The SMILES string of the molecule is C.C.CC.CC(=O)OCc1cc2ccccc2[nH]1. The third-order valence-corrected chi connectivity index (χ3v) is 2.02. The second-order valence-corrected chi connectivity index (χ2v) is 3.16. The highest BCUT2D eigenvalue weighted by atomic mass is 16.5. The fraction of sp³-hybridized carbons (Fsp3) is 0.400. The van der Waals surface area contributed by atoms with E-state index in [4.69, 9.17) is 4.74 Å². The Morgan fingerprint density at radius 1 is 1.22 bits per heavy atom. The molecule has 0 radical (unpaired) electrons. The number of carbonyl (C=O) groups is 1. The number of hydrogen-bond donors (Lipinski definition) is 1. The smallest absolute Gasteiger partial charge is 0.303 e. The zero-order valence-corrected chi connectivity index (χ0v) is 9.91. The van der Waals surface area contributed by atoms with Gasteiger partial charge in [-0.1, -0.05) is 46.9 Å². The predicted molar refractivity (Wildman–Crippen MR) is 78.6 cm³/mol. The van der Waals surface area contributed by atoms with Crippen molar-refractivity contribution in [3.8, 4) is 0 Å². The van der Waals surface area contributed by atoms with Gasteiger partial charge in [0, 0.05) is 12.4 Å². The molecule has 0 saturated carbocycles. The van der Waals surface area contributed by atoms with Crippen LogP contribution in [0.1, 0.15) is 41.3 Å². The first-order chi connectivity index (χ1) is 7.75. The highest BCUT2D eigenvalue weighted by molar-refractivity contribution is 5.80. The summed E-state index contributed by atoms with van der Waals surface area (Å²) in [6, 6.07) is 9.94. The predicted octanol–water partition coefficient (Wildman–Crippen LogP) is 4.53. The van der Waals surface area contributed by atoms with Crippen LogP contribution in [-0.2, 0) is 16.1 Å². The topological polar surface area (TPSA) is 42.1 Å². The van der Waals surface area contributed by atoms with Gasteiger partial charge in [-0.2, -0.15) is 0 Å². The standard InChI is InChI=1S/C11H11NO2.C2H6.2CH4/c1-8(13)14-7-10-6-9-4-2-3-5-11(9)12-10;1-2;;/h2-6,12H,7H2,1H3;1-2H3;2*1H4. The molecule has 0 fully saturated rings. The van der Waals surface area contributed by atoms with Crippen molar-refractivity contribution in [2.45, 2.75) is 42.2 Å². The Morgan fingerprint density at radius 2 is 1.83 bits per heavy atom. The average molecular weight is 251 g/mol. The molecule has 1 aromatic carbocycles. The van der Waals surface area contributed by atoms with Crippen LogP contribution in [0.2, 0.25) is 0 Å². The molecule has 0 spiro atoms. The minimum absolute atomic E-state index is 0. The number of esters is 1. The van der Waals surface area contributed by atoms with Crippen molar-refractivity contribution < 1.29 is 9.53 Å². The van der Waals surface area contributed by atoms with Crippen molar-refractivity contribution in [2.75, 3.05) is 0 Å². The van der Waals surface area contributed by atoms with Crippen LogP contribution in [0.4, 0.5) is 0 Å². The summed E-state index contributed by atoms with van der Waals surface area (Å²) in [6.45, 7) is 5.71. The van der Waals surface area contributed by atoms with Crippen LogP contribution in [0.25, 0.3) is 10.9 Å². The fourth-order valence-electron chi connectivity index (χ4n) is 1.39. The van der Waals surface area contributed by atoms with E-state index in [0.29, 0.717) is 6.61 Å². The lowest BCUT2D eigenvalue weighted by molar-refractivity contribution is -0.142. The van der Waals surface area contributed by atoms with E-state index in [1.54, 1.807) is 0 Å². The van der Waals surface area contributed by atoms with Crippen LogP contribution < -0.4 is 0 Å². The molecule has 102 valence electrons. The van der Waals surface area contributed by atoms with Gasteiger partial charge in [-0.25, -0.2) is 0 Å². The molecule has 0 aliphatic heterocycles. The van der Waals surface area contributed by atoms with E-state index < -0.39 is 0 Å². The van der Waals surface area contributed by atoms with Gasteiger partial charge in [0.1, 0.15) is 6.61 Å². The van der Waals surface area contributed by atoms with Crippen LogP contribution in [0.5, 0.6) is 0 Å². The maximum absolute atomic E-state index is 10.6. The number of nitrogens with one attached hydrogen (secondary N) is 1. The molecule has 1 aromatic heterocycles. The molecule has 0 unspecified atom stereocenters. The zero-order chi connectivity index (χ0) is 12.0. The Balaban J connectivity index is 0. The Labute approximate surface area is 110 Å². The van der Waals surface area contributed by atoms with Crippen molar-refractivity contribution in [2.24, 2.45) is 0 Å². The summed E-state index contributed by atoms with van der Waals surface area (Å²) in [6.07, 6.45) is 0. The Bertz CT molecular complexity index is 427. The number of aromatic amines is 1. The van der Waals surface area contributed by atoms with E-state index >= 15 is 0 Å². The number of benzene rings is 1. The maximum Gasteiger partial charge on any atom is 0.303 e. The molecular formula is C15H25NO2. The van der Waals surface area contributed by atoms with Crippen molar-refractivity contribution in [1.29, 1.82) is 0 Å². The van der Waals surface area contributed by atoms with E-state index in [9.17, 15) is 4.79 Å². The second-order valence-electron chi connectivity index (χ2n) is 3.16. The van der Waals surface area contributed by atoms with Gasteiger partial charge in [0.05, 0.1) is 5.69 Å². The minimum Gasteiger partial charge on any atom is -0.459 e. The van der Waals surface area contributed by atoms with Gasteiger partial charge in [-0.15, -0.1) is 0 Å². The summed E-state index contributed by atoms with van der Waals surface area (Å²) in [5.74, 6) is -0.261. The number of para-hydroxylation sites is 1. The van der Waals surface area contributed by atoms with E-state index in [0.717, 1.165) is 16.6 Å². The van der Waals surface area contributed by atoms with Gasteiger partial charge in [-0.05, 0) is 17.5 Å². The summed E-state index contributed by atoms with van der Waals surface area (Å²) in [7, 11) is 0. The molecule has 18 heavy (non-hydrogen) atoms. The van der Waals surface area contributed by atoms with Crippen LogP contribution in [0, 0.1) is 0 Å². The molecule has 2 aromatic rings. The first-order valence-electron chi connectivity index (χ1n) is 5.46. The van der Waals surface area contributed by atoms with Crippen LogP contribution in [-0.4, -0.2) is 11.0 Å². The minimum atomic E-state index is -0.261. The van der Waals surface area contributed by atoms with E-state index in [-0.39, 0.29) is 20.8 Å². The molecule has 3 nitrogen and oxygen atoms in total. The lowest BCUT2D eigenvalue weighted by atomic mass is 10.2. The quantitative estimate of drug-likeness (QED) is 0.797. The zero-order valence-electron chi connectivity index (χ0n) is 9.91. The molecule has 2 rings (SSSR count). The molecule has 0 atom stereocenters. The Morgan fingerprint density at radius 3 is 2.39 bits per heavy atom. The van der Waals surface area contributed by atoms with E-state index in [1.807, 2.05) is 44.2 Å². The summed E-state index contributed by atoms with van der Waals surface area (Å²) in [4.78, 5) is 13.8. The van der Waals surface area contributed by atoms with Gasteiger partial charge in [0.2, 0.25) is 0 Å². The number of H-pyrrole nitrogens is 1. The number of ether oxygens (including phenoxy) is 1. The third kappa shape index (κ3) is 5.04. The number of aromatic nitrogens is 1. The second kappa shape index (κ2) is 9.28. The largest absolute Gasteiger partial charge is 0.459 e. The maximum atomic E-state index is 10.6. The lowest BCUT2D eigenvalue weighted by Gasteiger charge is -1.97. The van der Waals surface area contributed by atoms with Crippen molar-refractivity contribution in [1.82, 2.24) is 4.98 Å². The van der Waals surface area contributed by atoms with Crippen molar-refractivity contribution >= 4 is 16.9 Å². The molecule has 0 saturated heterocycles. The summed E-state index contributed by atoms with van der Waals surface area (Å²) >= 11 is 0. The number of rotatable bonds is 2. The van der Waals surface area contributed by atoms with E-state index in [1.165, 1.54) is 6.92 Å². The lowest BCUT2D eigenvalue weighted by Crippen LogP contribution is -1.98. The Hall–Kier alpha value is -1.77. The molecule has 3 heteroatoms. The Kier molecular flexibility index (Phi) is 9.58. The van der Waals surface area contributed by atoms with Gasteiger partial charge < -0.3 is 9.72 Å². The highest BCUT2D eigenvalue weighted by Crippen LogP contribution is 2.14. The molecule has 0 amide bonds. The van der Waals surface area contributed by atoms with Crippen LogP contribution in [0.15, 0.2) is 30.3 Å². The fourth-order valence-corrected chi connectivity index (χ4v) is 1.39. The number of hydrogen-bond acceptors (Lipinski definition) is 2. The van der Waals surface area contributed by atoms with Crippen molar-refractivity contribution in [3.05, 3.63) is 36.0 Å². The highest BCUT2D eigenvalue weighted by Gasteiger charge is 2.00. The molecule has 0 aliphatic rings. The number of fused-ring (bicyclic) bond motifs is 1. The third-order valence-electron chi connectivity index (χ3n) is 2.02. The van der Waals surface area contributed by atoms with Crippen LogP contribution >= 0.6 is 0 Å². The average Bonchev–Trinajstić information content (AvgIpc) is 2.71. The van der Waals surface area contributed by atoms with E-state index in [2.05, 4.69) is 4.98 Å². The first kappa shape index (κ1) is 18.6. The normalized spacial score (nSPS) is 8.39. The summed E-state index contributed by atoms with van der Waals surface area (Å²) < 4.78 is 4.89. The summed E-state index contributed by atoms with van der Waals surface area (Å²) in [5, 5.41) is 1.13. The summed E-state index contributed by atoms with van der Waals surface area (Å²) in [5.41, 5.74) is 1.98. The molecular weight excluding hydrogens is 226 g/mol. The van der Waals surface area contributed by atoms with Gasteiger partial charge in [0.25, 0.3) is 0 Å². The molecule has 0 bridgehead atoms. The molecule has 1 N–H and O–H groups in total. The van der Waals surface area contributed by atoms with Gasteiger partial charge >= 0.3 is 5.97 Å². The molecule has 1 heterocycles. The first-order valence-corrected chi connectivity index (χ1v) is 5.46. The van der Waals surface area contributed by atoms with Crippen molar-refractivity contribution in [3.63, 3.8) is 0 Å². The van der Waals surface area contributed by atoms with Gasteiger partial charge in [0.15, 0.2) is 0 Å². The monoisotopic (exact) mass is 251 g/mol. The van der Waals surface area contributed by atoms with Crippen LogP contribution in [0.3, 0.4) is 0 Å². The van der Waals surface area contributed by atoms with Gasteiger partial charge in [-0.3, -0.25) is 4.79 Å². The molecule has 0 aliphatic carbocycles.